The SMILES string of the molecule is CC(C#N)CNS(=O)(=O)C1CCOCC1. The standard InChI is InChI=1S/C9H16N2O3S/c1-8(6-10)7-11-15(12,13)9-2-4-14-5-3-9/h8-9,11H,2-5,7H2,1H3. The van der Waals surface area contributed by atoms with Gasteiger partial charge in [0.25, 0.3) is 0 Å². The number of rotatable bonds is 4. The first-order chi connectivity index (χ1) is 7.06. The van der Waals surface area contributed by atoms with Gasteiger partial charge in [0.05, 0.1) is 17.2 Å². The van der Waals surface area contributed by atoms with Crippen molar-refractivity contribution in [2.75, 3.05) is 19.8 Å². The summed E-state index contributed by atoms with van der Waals surface area (Å²) in [5.41, 5.74) is 0. The van der Waals surface area contributed by atoms with Crippen molar-refractivity contribution in [1.82, 2.24) is 4.72 Å². The van der Waals surface area contributed by atoms with E-state index in [0.29, 0.717) is 26.1 Å². The Morgan fingerprint density at radius 2 is 2.13 bits per heavy atom. The van der Waals surface area contributed by atoms with Crippen molar-refractivity contribution < 1.29 is 13.2 Å². The van der Waals surface area contributed by atoms with Crippen molar-refractivity contribution in [3.05, 3.63) is 0 Å². The van der Waals surface area contributed by atoms with E-state index in [1.807, 2.05) is 6.07 Å². The molecule has 1 atom stereocenters. The highest BCUT2D eigenvalue weighted by Crippen LogP contribution is 2.14. The van der Waals surface area contributed by atoms with Gasteiger partial charge in [-0.2, -0.15) is 5.26 Å². The minimum Gasteiger partial charge on any atom is -0.381 e. The zero-order valence-corrected chi connectivity index (χ0v) is 9.59. The van der Waals surface area contributed by atoms with Crippen LogP contribution in [0.5, 0.6) is 0 Å². The summed E-state index contributed by atoms with van der Waals surface area (Å²) >= 11 is 0. The third-order valence-electron chi connectivity index (χ3n) is 2.42. The molecule has 0 aromatic heterocycles. The molecule has 1 aliphatic heterocycles. The van der Waals surface area contributed by atoms with Gasteiger partial charge in [0.2, 0.25) is 10.0 Å². The lowest BCUT2D eigenvalue weighted by Crippen LogP contribution is -2.39. The van der Waals surface area contributed by atoms with Crippen LogP contribution < -0.4 is 4.72 Å². The lowest BCUT2D eigenvalue weighted by molar-refractivity contribution is 0.0981. The first kappa shape index (κ1) is 12.4. The van der Waals surface area contributed by atoms with E-state index in [-0.39, 0.29) is 17.7 Å². The molecule has 1 N–H and O–H groups in total. The van der Waals surface area contributed by atoms with E-state index >= 15 is 0 Å². The van der Waals surface area contributed by atoms with Crippen LogP contribution in [0.3, 0.4) is 0 Å². The smallest absolute Gasteiger partial charge is 0.214 e. The first-order valence-electron chi connectivity index (χ1n) is 5.02. The highest BCUT2D eigenvalue weighted by molar-refractivity contribution is 7.90. The van der Waals surface area contributed by atoms with Crippen LogP contribution in [0.25, 0.3) is 0 Å². The highest BCUT2D eigenvalue weighted by Gasteiger charge is 2.27. The summed E-state index contributed by atoms with van der Waals surface area (Å²) in [6.45, 7) is 2.88. The molecule has 0 spiro atoms. The van der Waals surface area contributed by atoms with Gasteiger partial charge in [-0.3, -0.25) is 0 Å². The first-order valence-corrected chi connectivity index (χ1v) is 6.56. The summed E-state index contributed by atoms with van der Waals surface area (Å²) < 4.78 is 31.0. The number of sulfonamides is 1. The van der Waals surface area contributed by atoms with Gasteiger partial charge in [-0.1, -0.05) is 0 Å². The van der Waals surface area contributed by atoms with Gasteiger partial charge in [-0.15, -0.1) is 0 Å². The van der Waals surface area contributed by atoms with Gasteiger partial charge >= 0.3 is 0 Å². The summed E-state index contributed by atoms with van der Waals surface area (Å²) in [6, 6.07) is 1.99. The van der Waals surface area contributed by atoms with Gasteiger partial charge in [0, 0.05) is 19.8 Å². The largest absolute Gasteiger partial charge is 0.381 e. The maximum absolute atomic E-state index is 11.7. The molecule has 0 amide bonds. The molecule has 6 heteroatoms. The molecule has 1 rings (SSSR count). The second-order valence-electron chi connectivity index (χ2n) is 3.74. The van der Waals surface area contributed by atoms with Crippen LogP contribution in [-0.2, 0) is 14.8 Å². The number of nitriles is 1. The van der Waals surface area contributed by atoms with Crippen LogP contribution in [0.1, 0.15) is 19.8 Å². The molecule has 0 aromatic rings. The van der Waals surface area contributed by atoms with E-state index in [1.54, 1.807) is 6.92 Å². The molecule has 1 aliphatic rings. The molecule has 15 heavy (non-hydrogen) atoms. The third kappa shape index (κ3) is 3.78. The molecule has 0 radical (unpaired) electrons. The third-order valence-corrected chi connectivity index (χ3v) is 4.34. The fourth-order valence-electron chi connectivity index (χ4n) is 1.39. The summed E-state index contributed by atoms with van der Waals surface area (Å²) in [5.74, 6) is -0.292. The Kier molecular flexibility index (Phi) is 4.51. The second kappa shape index (κ2) is 5.45. The molecule has 0 bridgehead atoms. The Morgan fingerprint density at radius 3 is 2.67 bits per heavy atom. The van der Waals surface area contributed by atoms with Crippen molar-refractivity contribution in [2.24, 2.45) is 5.92 Å². The molecule has 86 valence electrons. The Labute approximate surface area is 90.5 Å². The predicted octanol–water partition coefficient (Wildman–Crippen LogP) is 0.244. The minimum atomic E-state index is -3.27. The molecule has 0 aliphatic carbocycles. The van der Waals surface area contributed by atoms with E-state index in [0.717, 1.165) is 0 Å². The zero-order valence-electron chi connectivity index (χ0n) is 8.77. The summed E-state index contributed by atoms with van der Waals surface area (Å²) in [7, 11) is -3.27. The second-order valence-corrected chi connectivity index (χ2v) is 5.78. The molecule has 1 heterocycles. The molecular formula is C9H16N2O3S. The van der Waals surface area contributed by atoms with Crippen LogP contribution in [-0.4, -0.2) is 33.4 Å². The number of hydrogen-bond acceptors (Lipinski definition) is 4. The lowest BCUT2D eigenvalue weighted by Gasteiger charge is -2.22. The van der Waals surface area contributed by atoms with Crippen molar-refractivity contribution >= 4 is 10.0 Å². The van der Waals surface area contributed by atoms with Crippen LogP contribution in [0.4, 0.5) is 0 Å². The molecule has 5 nitrogen and oxygen atoms in total. The zero-order chi connectivity index (χ0) is 11.3. The Morgan fingerprint density at radius 1 is 1.53 bits per heavy atom. The number of nitrogens with one attached hydrogen (secondary N) is 1. The molecule has 1 unspecified atom stereocenters. The van der Waals surface area contributed by atoms with E-state index in [4.69, 9.17) is 10.00 Å². The van der Waals surface area contributed by atoms with Gasteiger partial charge in [-0.05, 0) is 19.8 Å². The van der Waals surface area contributed by atoms with Gasteiger partial charge in [0.15, 0.2) is 0 Å². The maximum atomic E-state index is 11.7. The fourth-order valence-corrected chi connectivity index (χ4v) is 2.92. The quantitative estimate of drug-likeness (QED) is 0.753. The van der Waals surface area contributed by atoms with Crippen molar-refractivity contribution in [3.8, 4) is 6.07 Å². The highest BCUT2D eigenvalue weighted by atomic mass is 32.2. The lowest BCUT2D eigenvalue weighted by atomic mass is 10.2. The van der Waals surface area contributed by atoms with Crippen molar-refractivity contribution in [3.63, 3.8) is 0 Å². The van der Waals surface area contributed by atoms with Crippen LogP contribution in [0.2, 0.25) is 0 Å². The van der Waals surface area contributed by atoms with Crippen molar-refractivity contribution in [2.45, 2.75) is 25.0 Å². The molecule has 0 saturated carbocycles. The van der Waals surface area contributed by atoms with Crippen molar-refractivity contribution in [1.29, 1.82) is 5.26 Å². The molecule has 1 saturated heterocycles. The predicted molar refractivity (Wildman–Crippen MR) is 55.5 cm³/mol. The maximum Gasteiger partial charge on any atom is 0.214 e. The van der Waals surface area contributed by atoms with E-state index < -0.39 is 10.0 Å². The number of hydrogen-bond donors (Lipinski definition) is 1. The molecular weight excluding hydrogens is 216 g/mol. The fraction of sp³-hybridized carbons (Fsp3) is 0.889. The Bertz CT molecular complexity index is 328. The molecule has 0 aromatic carbocycles. The number of ether oxygens (including phenoxy) is 1. The van der Waals surface area contributed by atoms with Crippen LogP contribution in [0.15, 0.2) is 0 Å². The average molecular weight is 232 g/mol. The van der Waals surface area contributed by atoms with E-state index in [1.165, 1.54) is 0 Å². The van der Waals surface area contributed by atoms with Gasteiger partial charge in [0.1, 0.15) is 0 Å². The summed E-state index contributed by atoms with van der Waals surface area (Å²) in [5, 5.41) is 8.17. The van der Waals surface area contributed by atoms with Gasteiger partial charge in [-0.25, -0.2) is 13.1 Å². The average Bonchev–Trinajstić information content (AvgIpc) is 2.27. The van der Waals surface area contributed by atoms with Crippen LogP contribution in [0, 0.1) is 17.2 Å². The summed E-state index contributed by atoms with van der Waals surface area (Å²) in [6.07, 6.45) is 1.08. The monoisotopic (exact) mass is 232 g/mol. The molecule has 1 fully saturated rings. The Hall–Kier alpha value is -0.640. The van der Waals surface area contributed by atoms with Crippen LogP contribution >= 0.6 is 0 Å². The topological polar surface area (TPSA) is 79.2 Å². The minimum absolute atomic E-state index is 0.191. The normalized spacial score (nSPS) is 20.8. The number of nitrogens with zero attached hydrogens (tertiary/aromatic N) is 1. The Balaban J connectivity index is 2.47. The van der Waals surface area contributed by atoms with E-state index in [2.05, 4.69) is 4.72 Å². The van der Waals surface area contributed by atoms with Gasteiger partial charge < -0.3 is 4.74 Å². The summed E-state index contributed by atoms with van der Waals surface area (Å²) in [4.78, 5) is 0. The van der Waals surface area contributed by atoms with E-state index in [9.17, 15) is 8.42 Å².